The van der Waals surface area contributed by atoms with Gasteiger partial charge in [-0.15, -0.1) is 22.7 Å². The Kier molecular flexibility index (Phi) is 8.80. The maximum atomic E-state index is 5.78. The van der Waals surface area contributed by atoms with Crippen LogP contribution in [0.15, 0.2) is 225 Å². The van der Waals surface area contributed by atoms with E-state index < -0.39 is 0 Å². The number of fused-ring (bicyclic) bond motifs is 15. The molecule has 0 saturated carbocycles. The maximum absolute atomic E-state index is 5.78. The second-order valence-electron chi connectivity index (χ2n) is 19.6. The minimum atomic E-state index is -0.229. The van der Waals surface area contributed by atoms with Gasteiger partial charge >= 0.3 is 0 Å². The summed E-state index contributed by atoms with van der Waals surface area (Å²) in [6.45, 7) is 0. The molecule has 0 aliphatic carbocycles. The van der Waals surface area contributed by atoms with Crippen molar-refractivity contribution in [2.45, 2.75) is 12.5 Å². The number of aliphatic imine (C=N–C) groups is 2. The first kappa shape index (κ1) is 41.9. The molecule has 9 aromatic carbocycles. The van der Waals surface area contributed by atoms with E-state index in [-0.39, 0.29) is 6.04 Å². The van der Waals surface area contributed by atoms with Gasteiger partial charge < -0.3 is 8.83 Å². The summed E-state index contributed by atoms with van der Waals surface area (Å²) in [5.74, 6) is 2.33. The summed E-state index contributed by atoms with van der Waals surface area (Å²) in [7, 11) is 0. The van der Waals surface area contributed by atoms with E-state index in [0.29, 0.717) is 30.0 Å². The highest BCUT2D eigenvalue weighted by atomic mass is 32.1. The van der Waals surface area contributed by atoms with Crippen LogP contribution in [-0.2, 0) is 0 Å². The molecule has 0 spiro atoms. The number of furan rings is 2. The lowest BCUT2D eigenvalue weighted by Crippen LogP contribution is -2.21. The van der Waals surface area contributed by atoms with Crippen molar-refractivity contribution in [3.8, 4) is 28.7 Å². The number of benzene rings is 9. The third-order valence-corrected chi connectivity index (χ3v) is 17.6. The van der Waals surface area contributed by atoms with Crippen molar-refractivity contribution < 1.29 is 8.83 Å². The lowest BCUT2D eigenvalue weighted by atomic mass is 9.95. The van der Waals surface area contributed by atoms with Crippen LogP contribution in [0.25, 0.3) is 135 Å². The minimum Gasteiger partial charge on any atom is -0.464 e. The molecule has 9 nitrogen and oxygen atoms in total. The molecule has 16 aromatic rings. The minimum absolute atomic E-state index is 0.229. The summed E-state index contributed by atoms with van der Waals surface area (Å²) in [5, 5.41) is 11.2. The van der Waals surface area contributed by atoms with Crippen LogP contribution in [0.1, 0.15) is 23.6 Å². The van der Waals surface area contributed by atoms with Crippen LogP contribution in [0.2, 0.25) is 0 Å². The van der Waals surface area contributed by atoms with Crippen LogP contribution in [0, 0.1) is 0 Å². The zero-order valence-corrected chi connectivity index (χ0v) is 41.8. The molecule has 0 bridgehead atoms. The van der Waals surface area contributed by atoms with Gasteiger partial charge in [0.05, 0.1) is 46.3 Å². The SMILES string of the molecule is c1ccc2c(c1)sc1ccc(-c3nc(-c4ccc5sc6ccccc6c5c4)nc(-n4c5ccccc5c5ccc6c(c7ccccc7n6C6=NC(c7ccc8occc8c7)CC(c7ccc8occc8c7)=N6)c54)n3)cc12. The van der Waals surface area contributed by atoms with Crippen molar-refractivity contribution in [1.82, 2.24) is 24.1 Å². The molecule has 0 saturated heterocycles. The van der Waals surface area contributed by atoms with E-state index in [1.54, 1.807) is 35.2 Å². The highest BCUT2D eigenvalue weighted by Crippen LogP contribution is 2.44. The fourth-order valence-corrected chi connectivity index (χ4v) is 13.9. The number of nitrogens with zero attached hydrogens (tertiary/aromatic N) is 7. The molecule has 1 aliphatic heterocycles. The molecule has 17 rings (SSSR count). The van der Waals surface area contributed by atoms with E-state index in [9.17, 15) is 0 Å². The molecule has 7 aromatic heterocycles. The normalized spacial score (nSPS) is 14.3. The third kappa shape index (κ3) is 6.27. The van der Waals surface area contributed by atoms with Crippen molar-refractivity contribution in [3.63, 3.8) is 0 Å². The van der Waals surface area contributed by atoms with Crippen LogP contribution < -0.4 is 0 Å². The van der Waals surface area contributed by atoms with E-state index in [1.165, 1.54) is 40.3 Å². The zero-order valence-electron chi connectivity index (χ0n) is 40.2. The van der Waals surface area contributed by atoms with Gasteiger partial charge in [0.15, 0.2) is 11.6 Å². The van der Waals surface area contributed by atoms with E-state index in [2.05, 4.69) is 179 Å². The predicted molar refractivity (Wildman–Crippen MR) is 313 cm³/mol. The van der Waals surface area contributed by atoms with E-state index in [0.717, 1.165) is 93.5 Å². The molecule has 11 heteroatoms. The molecular weight excluding hydrogens is 975 g/mol. The van der Waals surface area contributed by atoms with E-state index >= 15 is 0 Å². The van der Waals surface area contributed by atoms with Gasteiger partial charge in [-0.05, 0) is 120 Å². The molecule has 0 amide bonds. The second-order valence-corrected chi connectivity index (χ2v) is 21.7. The average molecular weight is 1010 g/mol. The lowest BCUT2D eigenvalue weighted by molar-refractivity contribution is 0.615. The lowest BCUT2D eigenvalue weighted by Gasteiger charge is -2.22. The summed E-state index contributed by atoms with van der Waals surface area (Å²) < 4.78 is 21.0. The van der Waals surface area contributed by atoms with Crippen molar-refractivity contribution in [2.75, 3.05) is 0 Å². The van der Waals surface area contributed by atoms with Crippen molar-refractivity contribution in [2.24, 2.45) is 9.98 Å². The molecule has 1 atom stereocenters. The molecular formula is C65H37N7O2S2. The Hall–Kier alpha value is -9.55. The van der Waals surface area contributed by atoms with Crippen molar-refractivity contribution in [1.29, 1.82) is 0 Å². The monoisotopic (exact) mass is 1010 g/mol. The Labute approximate surface area is 439 Å². The topological polar surface area (TPSA) is 99.5 Å². The Morgan fingerprint density at radius 1 is 0.434 bits per heavy atom. The first-order valence-corrected chi connectivity index (χ1v) is 26.9. The molecule has 0 radical (unpaired) electrons. The fraction of sp³-hybridized carbons (Fsp3) is 0.0308. The highest BCUT2D eigenvalue weighted by molar-refractivity contribution is 7.26. The molecule has 0 fully saturated rings. The van der Waals surface area contributed by atoms with Crippen LogP contribution in [0.4, 0.5) is 0 Å². The number of thiophene rings is 2. The quantitative estimate of drug-likeness (QED) is 0.171. The van der Waals surface area contributed by atoms with Crippen molar-refractivity contribution in [3.05, 3.63) is 218 Å². The standard InChI is InChI=1S/C65H37N7O2S2/c1-5-13-51-42(9-1)45-21-22-53-60(46-12-2-6-14-52(46)71(53)64-66-49(36-17-23-54-38(31-36)27-29-73-54)35-50(67-64)37-18-24-55-39(32-37)28-30-74-55)61(45)72(51)65-69-62(40-19-25-58-47(33-40)43-10-3-7-15-56(43)75-58)68-63(70-65)41-20-26-59-48(34-41)44-11-4-8-16-57(44)76-59/h1-34,49H,35H2. The van der Waals surface area contributed by atoms with Gasteiger partial charge in [-0.1, -0.05) is 84.9 Å². The molecule has 8 heterocycles. The van der Waals surface area contributed by atoms with Gasteiger partial charge in [0.2, 0.25) is 11.9 Å². The summed E-state index contributed by atoms with van der Waals surface area (Å²) in [6, 6.07) is 68.6. The van der Waals surface area contributed by atoms with E-state index in [4.69, 9.17) is 33.8 Å². The third-order valence-electron chi connectivity index (χ3n) is 15.3. The van der Waals surface area contributed by atoms with E-state index in [1.807, 2.05) is 24.3 Å². The second kappa shape index (κ2) is 16.0. The average Bonchev–Trinajstić information content (AvgIpc) is 4.47. The highest BCUT2D eigenvalue weighted by Gasteiger charge is 2.28. The number of rotatable bonds is 5. The number of aromatic nitrogens is 5. The first-order valence-electron chi connectivity index (χ1n) is 25.3. The maximum Gasteiger partial charge on any atom is 0.238 e. The number of hydrogen-bond acceptors (Lipinski definition) is 9. The van der Waals surface area contributed by atoms with Crippen LogP contribution >= 0.6 is 22.7 Å². The van der Waals surface area contributed by atoms with Crippen molar-refractivity contribution >= 4 is 140 Å². The van der Waals surface area contributed by atoms with Gasteiger partial charge in [0.25, 0.3) is 0 Å². The number of hydrogen-bond donors (Lipinski definition) is 0. The summed E-state index contributed by atoms with van der Waals surface area (Å²) in [4.78, 5) is 27.6. The van der Waals surface area contributed by atoms with Gasteiger partial charge in [-0.3, -0.25) is 9.13 Å². The van der Waals surface area contributed by atoms with Gasteiger partial charge in [0, 0.05) is 90.2 Å². The smallest absolute Gasteiger partial charge is 0.238 e. The molecule has 356 valence electrons. The Morgan fingerprint density at radius 2 is 1.01 bits per heavy atom. The first-order chi connectivity index (χ1) is 37.6. The van der Waals surface area contributed by atoms with Crippen LogP contribution in [-0.4, -0.2) is 35.8 Å². The summed E-state index contributed by atoms with van der Waals surface area (Å²) in [6.07, 6.45) is 4.09. The Balaban J connectivity index is 0.934. The Morgan fingerprint density at radius 3 is 1.71 bits per heavy atom. The predicted octanol–water partition coefficient (Wildman–Crippen LogP) is 17.5. The largest absolute Gasteiger partial charge is 0.464 e. The summed E-state index contributed by atoms with van der Waals surface area (Å²) in [5.41, 5.74) is 10.5. The molecule has 1 unspecified atom stereocenters. The fourth-order valence-electron chi connectivity index (χ4n) is 11.8. The molecule has 0 N–H and O–H groups in total. The van der Waals surface area contributed by atoms with Crippen LogP contribution in [0.3, 0.4) is 0 Å². The Bertz CT molecular complexity index is 5070. The number of para-hydroxylation sites is 2. The van der Waals surface area contributed by atoms with Gasteiger partial charge in [0.1, 0.15) is 11.2 Å². The summed E-state index contributed by atoms with van der Waals surface area (Å²) >= 11 is 3.61. The van der Waals surface area contributed by atoms with Gasteiger partial charge in [-0.25, -0.2) is 15.0 Å². The zero-order chi connectivity index (χ0) is 49.6. The molecule has 1 aliphatic rings. The van der Waals surface area contributed by atoms with Crippen LogP contribution in [0.5, 0.6) is 0 Å². The van der Waals surface area contributed by atoms with Gasteiger partial charge in [-0.2, -0.15) is 9.97 Å². The molecule has 76 heavy (non-hydrogen) atoms.